The lowest BCUT2D eigenvalue weighted by Gasteiger charge is -2.34. The summed E-state index contributed by atoms with van der Waals surface area (Å²) in [4.78, 5) is 3.18. The van der Waals surface area contributed by atoms with Crippen molar-refractivity contribution in [3.8, 4) is 11.1 Å². The van der Waals surface area contributed by atoms with Gasteiger partial charge in [-0.3, -0.25) is 0 Å². The third kappa shape index (κ3) is 3.56. The predicted molar refractivity (Wildman–Crippen MR) is 145 cm³/mol. The first-order chi connectivity index (χ1) is 17.8. The molecule has 0 amide bonds. The van der Waals surface area contributed by atoms with E-state index in [1.165, 1.54) is 49.0 Å². The minimum absolute atomic E-state index is 0.367. The van der Waals surface area contributed by atoms with Crippen molar-refractivity contribution in [1.29, 1.82) is 0 Å². The van der Waals surface area contributed by atoms with E-state index in [2.05, 4.69) is 102 Å². The number of fused-ring (bicyclic) bond motifs is 6. The Hall–Kier alpha value is -3.44. The second-order valence-corrected chi connectivity index (χ2v) is 10.5. The van der Waals surface area contributed by atoms with E-state index in [9.17, 15) is 5.11 Å². The first kappa shape index (κ1) is 21.8. The van der Waals surface area contributed by atoms with Gasteiger partial charge in [-0.2, -0.15) is 0 Å². The molecule has 1 aliphatic heterocycles. The minimum atomic E-state index is -0.367. The monoisotopic (exact) mass is 475 g/mol. The molecule has 4 aromatic carbocycles. The van der Waals surface area contributed by atoms with Gasteiger partial charge in [0.2, 0.25) is 0 Å². The first-order valence-corrected chi connectivity index (χ1v) is 13.3. The second-order valence-electron chi connectivity index (χ2n) is 10.5. The van der Waals surface area contributed by atoms with Crippen LogP contribution < -0.4 is 9.80 Å². The fourth-order valence-corrected chi connectivity index (χ4v) is 6.82. The van der Waals surface area contributed by atoms with Crippen molar-refractivity contribution in [3.63, 3.8) is 0 Å². The van der Waals surface area contributed by atoms with Crippen LogP contribution in [0.5, 0.6) is 0 Å². The van der Waals surface area contributed by atoms with Crippen LogP contribution in [0.3, 0.4) is 0 Å². The molecule has 3 N–H and O–H groups in total. The fourth-order valence-electron chi connectivity index (χ4n) is 6.82. The number of piperazine rings is 1. The molecule has 1 aliphatic carbocycles. The number of rotatable bonds is 5. The number of benzene rings is 4. The predicted octanol–water partition coefficient (Wildman–Crippen LogP) is 2.71. The van der Waals surface area contributed by atoms with E-state index in [1.807, 2.05) is 0 Å². The SMILES string of the molecule is O[C@@H](Cn1c2ccccc2c2ccccc21)C[NH+]1CC[NH+](C2c3ccccc3-c3ccccc32)CC1. The molecule has 4 heteroatoms. The lowest BCUT2D eigenvalue weighted by Crippen LogP contribution is -3.28. The van der Waals surface area contributed by atoms with Gasteiger partial charge >= 0.3 is 0 Å². The highest BCUT2D eigenvalue weighted by Crippen LogP contribution is 2.41. The summed E-state index contributed by atoms with van der Waals surface area (Å²) in [6, 6.07) is 35.4. The van der Waals surface area contributed by atoms with Gasteiger partial charge in [0.15, 0.2) is 0 Å². The largest absolute Gasteiger partial charge is 0.385 e. The molecule has 7 rings (SSSR count). The first-order valence-electron chi connectivity index (χ1n) is 13.3. The Kier molecular flexibility index (Phi) is 5.39. The molecule has 0 unspecified atom stereocenters. The van der Waals surface area contributed by atoms with Gasteiger partial charge in [0, 0.05) is 32.9 Å². The van der Waals surface area contributed by atoms with Crippen LogP contribution in [0.2, 0.25) is 0 Å². The molecule has 4 nitrogen and oxygen atoms in total. The molecule has 0 spiro atoms. The minimum Gasteiger partial charge on any atom is -0.385 e. The summed E-state index contributed by atoms with van der Waals surface area (Å²) >= 11 is 0. The van der Waals surface area contributed by atoms with Crippen LogP contribution in [0.1, 0.15) is 17.2 Å². The second kappa shape index (κ2) is 8.90. The summed E-state index contributed by atoms with van der Waals surface area (Å²) in [5, 5.41) is 13.7. The van der Waals surface area contributed by atoms with Crippen LogP contribution in [0, 0.1) is 0 Å². The van der Waals surface area contributed by atoms with Crippen LogP contribution in [0.15, 0.2) is 97.1 Å². The highest BCUT2D eigenvalue weighted by Gasteiger charge is 2.38. The number of hydrogen-bond donors (Lipinski definition) is 3. The number of hydrogen-bond acceptors (Lipinski definition) is 1. The van der Waals surface area contributed by atoms with Crippen molar-refractivity contribution in [3.05, 3.63) is 108 Å². The van der Waals surface area contributed by atoms with Gasteiger partial charge < -0.3 is 19.5 Å². The zero-order valence-corrected chi connectivity index (χ0v) is 20.5. The van der Waals surface area contributed by atoms with Crippen LogP contribution in [0.4, 0.5) is 0 Å². The van der Waals surface area contributed by atoms with E-state index in [1.54, 1.807) is 4.90 Å². The van der Waals surface area contributed by atoms with E-state index < -0.39 is 0 Å². The van der Waals surface area contributed by atoms with Crippen molar-refractivity contribution >= 4 is 21.8 Å². The fraction of sp³-hybridized carbons (Fsp3) is 0.250. The van der Waals surface area contributed by atoms with Crippen LogP contribution in [-0.4, -0.2) is 48.5 Å². The van der Waals surface area contributed by atoms with Crippen LogP contribution in [-0.2, 0) is 6.54 Å². The number of quaternary nitrogens is 2. The third-order valence-electron chi connectivity index (χ3n) is 8.44. The van der Waals surface area contributed by atoms with Crippen LogP contribution in [0.25, 0.3) is 32.9 Å². The van der Waals surface area contributed by atoms with Gasteiger partial charge in [0.05, 0.1) is 6.54 Å². The lowest BCUT2D eigenvalue weighted by atomic mass is 10.0. The van der Waals surface area contributed by atoms with Gasteiger partial charge in [-0.15, -0.1) is 0 Å². The highest BCUT2D eigenvalue weighted by molar-refractivity contribution is 6.07. The molecular weight excluding hydrogens is 442 g/mol. The molecule has 1 atom stereocenters. The summed E-state index contributed by atoms with van der Waals surface area (Å²) in [6.07, 6.45) is -0.367. The van der Waals surface area contributed by atoms with E-state index in [0.717, 1.165) is 32.7 Å². The molecule has 2 heterocycles. The van der Waals surface area contributed by atoms with Crippen molar-refractivity contribution in [2.75, 3.05) is 32.7 Å². The summed E-state index contributed by atoms with van der Waals surface area (Å²) < 4.78 is 2.31. The molecule has 5 aromatic rings. The average molecular weight is 476 g/mol. The summed E-state index contributed by atoms with van der Waals surface area (Å²) in [7, 11) is 0. The quantitative estimate of drug-likeness (QED) is 0.359. The van der Waals surface area contributed by atoms with Crippen molar-refractivity contribution in [2.45, 2.75) is 18.7 Å². The Labute approximate surface area is 212 Å². The van der Waals surface area contributed by atoms with Crippen molar-refractivity contribution in [2.24, 2.45) is 0 Å². The summed E-state index contributed by atoms with van der Waals surface area (Å²) in [5.74, 6) is 0. The Morgan fingerprint density at radius 3 is 1.75 bits per heavy atom. The van der Waals surface area contributed by atoms with Gasteiger partial charge in [-0.1, -0.05) is 84.9 Å². The Balaban J connectivity index is 1.06. The Bertz CT molecular complexity index is 1450. The van der Waals surface area contributed by atoms with Gasteiger partial charge in [-0.05, 0) is 23.3 Å². The molecule has 36 heavy (non-hydrogen) atoms. The molecule has 1 saturated heterocycles. The molecular formula is C32H33N3O+2. The van der Waals surface area contributed by atoms with Gasteiger partial charge in [-0.25, -0.2) is 0 Å². The highest BCUT2D eigenvalue weighted by atomic mass is 16.3. The molecule has 180 valence electrons. The summed E-state index contributed by atoms with van der Waals surface area (Å²) in [5.41, 5.74) is 8.18. The van der Waals surface area contributed by atoms with Crippen LogP contribution >= 0.6 is 0 Å². The Morgan fingerprint density at radius 2 is 1.17 bits per heavy atom. The van der Waals surface area contributed by atoms with E-state index in [4.69, 9.17) is 0 Å². The van der Waals surface area contributed by atoms with Crippen molar-refractivity contribution in [1.82, 2.24) is 4.57 Å². The Morgan fingerprint density at radius 1 is 0.667 bits per heavy atom. The maximum absolute atomic E-state index is 11.2. The molecule has 1 fully saturated rings. The lowest BCUT2D eigenvalue weighted by molar-refractivity contribution is -1.02. The van der Waals surface area contributed by atoms with Gasteiger partial charge in [0.1, 0.15) is 44.9 Å². The normalized spacial score (nSPS) is 20.5. The number of aromatic nitrogens is 1. The maximum Gasteiger partial charge on any atom is 0.140 e. The number of para-hydroxylation sites is 2. The summed E-state index contributed by atoms with van der Waals surface area (Å²) in [6.45, 7) is 5.89. The van der Waals surface area contributed by atoms with Gasteiger partial charge in [0.25, 0.3) is 0 Å². The number of aliphatic hydroxyl groups excluding tert-OH is 1. The number of nitrogens with zero attached hydrogens (tertiary/aromatic N) is 1. The molecule has 1 aromatic heterocycles. The number of nitrogens with one attached hydrogen (secondary N) is 2. The molecule has 2 aliphatic rings. The van der Waals surface area contributed by atoms with E-state index in [0.29, 0.717) is 12.6 Å². The standard InChI is InChI=1S/C32H31N3O/c36-23(22-35-30-15-7-5-11-26(30)27-12-6-8-16-31(27)35)21-33-17-19-34(20-18-33)32-28-13-3-1-9-24(28)25-10-2-4-14-29(25)32/h1-16,23,32,36H,17-22H2/p+2/t23-/m1/s1. The smallest absolute Gasteiger partial charge is 0.140 e. The third-order valence-corrected chi connectivity index (χ3v) is 8.44. The van der Waals surface area contributed by atoms with E-state index >= 15 is 0 Å². The topological polar surface area (TPSA) is 34.0 Å². The zero-order chi connectivity index (χ0) is 24.1. The van der Waals surface area contributed by atoms with E-state index in [-0.39, 0.29) is 6.10 Å². The molecule has 0 bridgehead atoms. The number of aliphatic hydroxyl groups is 1. The molecule has 0 radical (unpaired) electrons. The molecule has 0 saturated carbocycles. The average Bonchev–Trinajstić information content (AvgIpc) is 3.43. The van der Waals surface area contributed by atoms with Crippen molar-refractivity contribution < 1.29 is 14.9 Å². The maximum atomic E-state index is 11.2. The zero-order valence-electron chi connectivity index (χ0n) is 20.5.